The molecule has 0 saturated carbocycles. The highest BCUT2D eigenvalue weighted by Gasteiger charge is 2.03. The molecule has 1 aromatic heterocycles. The number of nitriles is 1. The van der Waals surface area contributed by atoms with Crippen molar-refractivity contribution in [2.24, 2.45) is 5.92 Å². The third kappa shape index (κ3) is 9.15. The van der Waals surface area contributed by atoms with Crippen LogP contribution in [0.25, 0.3) is 6.08 Å². The van der Waals surface area contributed by atoms with Gasteiger partial charge >= 0.3 is 0 Å². The number of carbonyl (C=O) groups excluding carboxylic acids is 1. The van der Waals surface area contributed by atoms with E-state index in [0.29, 0.717) is 12.0 Å². The molecule has 1 heterocycles. The van der Waals surface area contributed by atoms with Gasteiger partial charge in [-0.3, -0.25) is 4.79 Å². The van der Waals surface area contributed by atoms with Crippen LogP contribution in [0.1, 0.15) is 51.1 Å². The largest absolute Gasteiger partial charge is 0.462 e. The van der Waals surface area contributed by atoms with E-state index in [4.69, 9.17) is 14.4 Å². The highest BCUT2D eigenvalue weighted by Crippen LogP contribution is 2.12. The lowest BCUT2D eigenvalue weighted by molar-refractivity contribution is -0.104. The Morgan fingerprint density at radius 2 is 2.18 bits per heavy atom. The van der Waals surface area contributed by atoms with Crippen LogP contribution in [0.3, 0.4) is 0 Å². The minimum absolute atomic E-state index is 0.0596. The van der Waals surface area contributed by atoms with Crippen LogP contribution in [0.5, 0.6) is 0 Å². The third-order valence-electron chi connectivity index (χ3n) is 3.26. The van der Waals surface area contributed by atoms with Gasteiger partial charge in [0.15, 0.2) is 6.29 Å². The van der Waals surface area contributed by atoms with E-state index < -0.39 is 0 Å². The maximum absolute atomic E-state index is 10.2. The Bertz CT molecular complexity index is 483. The highest BCUT2D eigenvalue weighted by atomic mass is 16.5. The third-order valence-corrected chi connectivity index (χ3v) is 3.26. The van der Waals surface area contributed by atoms with E-state index in [9.17, 15) is 4.79 Å². The van der Waals surface area contributed by atoms with Crippen molar-refractivity contribution >= 4 is 12.4 Å². The molecular formula is C18H27NO3. The van der Waals surface area contributed by atoms with Gasteiger partial charge in [-0.1, -0.05) is 33.1 Å². The topological polar surface area (TPSA) is 63.2 Å². The molecule has 22 heavy (non-hydrogen) atoms. The molecule has 0 N–H and O–H groups in total. The van der Waals surface area contributed by atoms with E-state index >= 15 is 0 Å². The molecule has 0 radical (unpaired) electrons. The summed E-state index contributed by atoms with van der Waals surface area (Å²) in [5.41, 5.74) is 0.0596. The molecule has 1 rings (SSSR count). The van der Waals surface area contributed by atoms with E-state index in [2.05, 4.69) is 13.8 Å². The first-order valence-electron chi connectivity index (χ1n) is 7.73. The van der Waals surface area contributed by atoms with Gasteiger partial charge in [0.25, 0.3) is 0 Å². The van der Waals surface area contributed by atoms with Crippen LogP contribution < -0.4 is 0 Å². The van der Waals surface area contributed by atoms with Gasteiger partial charge in [-0.05, 0) is 31.4 Å². The average Bonchev–Trinajstić information content (AvgIpc) is 2.94. The standard InChI is InChI=1S/C9H7NO2.C9H20O/c1-7-2-3-9(12-7)4-8(5-10)6-11;1-4-6-7-9(5-2)8-10-3/h2-4,6H,1H3;9H,4-8H2,1-3H3/b8-4+;. The summed E-state index contributed by atoms with van der Waals surface area (Å²) in [5.74, 6) is 2.07. The van der Waals surface area contributed by atoms with Gasteiger partial charge in [0.2, 0.25) is 0 Å². The molecule has 0 aromatic carbocycles. The monoisotopic (exact) mass is 305 g/mol. The summed E-state index contributed by atoms with van der Waals surface area (Å²) in [6.07, 6.45) is 7.15. The predicted molar refractivity (Wildman–Crippen MR) is 88.3 cm³/mol. The van der Waals surface area contributed by atoms with E-state index in [1.54, 1.807) is 32.2 Å². The highest BCUT2D eigenvalue weighted by molar-refractivity contribution is 5.86. The second-order valence-electron chi connectivity index (χ2n) is 5.15. The van der Waals surface area contributed by atoms with Crippen LogP contribution in [0.2, 0.25) is 0 Å². The number of allylic oxidation sites excluding steroid dienone is 1. The van der Waals surface area contributed by atoms with Crippen LogP contribution >= 0.6 is 0 Å². The summed E-state index contributed by atoms with van der Waals surface area (Å²) in [7, 11) is 1.79. The van der Waals surface area contributed by atoms with E-state index in [0.717, 1.165) is 18.3 Å². The van der Waals surface area contributed by atoms with Crippen molar-refractivity contribution in [1.29, 1.82) is 5.26 Å². The van der Waals surface area contributed by atoms with Gasteiger partial charge in [-0.2, -0.15) is 5.26 Å². The molecule has 0 aliphatic carbocycles. The van der Waals surface area contributed by atoms with Crippen LogP contribution in [0.15, 0.2) is 22.1 Å². The van der Waals surface area contributed by atoms with Crippen LogP contribution in [-0.2, 0) is 9.53 Å². The Hall–Kier alpha value is -1.86. The summed E-state index contributed by atoms with van der Waals surface area (Å²) in [4.78, 5) is 10.2. The number of rotatable bonds is 8. The first kappa shape index (κ1) is 20.1. The molecule has 1 aromatic rings. The van der Waals surface area contributed by atoms with Gasteiger partial charge in [0, 0.05) is 19.8 Å². The van der Waals surface area contributed by atoms with Crippen molar-refractivity contribution in [3.63, 3.8) is 0 Å². The number of aldehydes is 1. The van der Waals surface area contributed by atoms with Crippen molar-refractivity contribution in [2.45, 2.75) is 46.5 Å². The fourth-order valence-electron chi connectivity index (χ4n) is 1.91. The van der Waals surface area contributed by atoms with Crippen molar-refractivity contribution in [2.75, 3.05) is 13.7 Å². The Morgan fingerprint density at radius 3 is 2.59 bits per heavy atom. The summed E-state index contributed by atoms with van der Waals surface area (Å²) >= 11 is 0. The molecule has 4 heteroatoms. The van der Waals surface area contributed by atoms with Crippen molar-refractivity contribution in [3.8, 4) is 6.07 Å². The van der Waals surface area contributed by atoms with E-state index in [1.165, 1.54) is 31.8 Å². The van der Waals surface area contributed by atoms with Gasteiger partial charge in [-0.25, -0.2) is 0 Å². The fraction of sp³-hybridized carbons (Fsp3) is 0.556. The number of aryl methyl sites for hydroxylation is 1. The molecule has 0 fully saturated rings. The zero-order chi connectivity index (χ0) is 16.8. The number of methoxy groups -OCH3 is 1. The number of hydrogen-bond donors (Lipinski definition) is 0. The molecule has 122 valence electrons. The maximum Gasteiger partial charge on any atom is 0.160 e. The second-order valence-corrected chi connectivity index (χ2v) is 5.15. The lowest BCUT2D eigenvalue weighted by Crippen LogP contribution is -2.06. The van der Waals surface area contributed by atoms with E-state index in [1.807, 2.05) is 0 Å². The van der Waals surface area contributed by atoms with Gasteiger partial charge < -0.3 is 9.15 Å². The fourth-order valence-corrected chi connectivity index (χ4v) is 1.91. The van der Waals surface area contributed by atoms with Crippen LogP contribution in [0, 0.1) is 24.2 Å². The van der Waals surface area contributed by atoms with E-state index in [-0.39, 0.29) is 5.57 Å². The van der Waals surface area contributed by atoms with Crippen molar-refractivity contribution in [3.05, 3.63) is 29.2 Å². The van der Waals surface area contributed by atoms with Gasteiger partial charge in [0.05, 0.1) is 5.57 Å². The molecule has 4 nitrogen and oxygen atoms in total. The predicted octanol–water partition coefficient (Wildman–Crippen LogP) is 4.54. The van der Waals surface area contributed by atoms with Crippen molar-refractivity contribution in [1.82, 2.24) is 0 Å². The lowest BCUT2D eigenvalue weighted by Gasteiger charge is -2.11. The summed E-state index contributed by atoms with van der Waals surface area (Å²) in [6.45, 7) is 7.21. The first-order valence-corrected chi connectivity index (χ1v) is 7.73. The molecule has 0 amide bonds. The minimum atomic E-state index is 0.0596. The van der Waals surface area contributed by atoms with Gasteiger partial charge in [0.1, 0.15) is 17.6 Å². The molecule has 1 atom stereocenters. The van der Waals surface area contributed by atoms with Crippen LogP contribution in [-0.4, -0.2) is 20.0 Å². The minimum Gasteiger partial charge on any atom is -0.462 e. The quantitative estimate of drug-likeness (QED) is 0.402. The molecule has 1 unspecified atom stereocenters. The maximum atomic E-state index is 10.2. The molecule has 0 saturated heterocycles. The normalized spacial score (nSPS) is 12.0. The molecular weight excluding hydrogens is 278 g/mol. The lowest BCUT2D eigenvalue weighted by atomic mass is 10.0. The smallest absolute Gasteiger partial charge is 0.160 e. The first-order chi connectivity index (χ1) is 10.6. The number of unbranched alkanes of at least 4 members (excludes halogenated alkanes) is 1. The summed E-state index contributed by atoms with van der Waals surface area (Å²) in [6, 6.07) is 5.22. The zero-order valence-corrected chi connectivity index (χ0v) is 14.1. The van der Waals surface area contributed by atoms with Crippen LogP contribution in [0.4, 0.5) is 0 Å². The molecule has 0 spiro atoms. The number of nitrogens with zero attached hydrogens (tertiary/aromatic N) is 1. The average molecular weight is 305 g/mol. The Balaban J connectivity index is 0.000000409. The Kier molecular flexibility index (Phi) is 11.8. The second kappa shape index (κ2) is 12.8. The molecule has 0 aliphatic rings. The number of furan rings is 1. The number of hydrogen-bond acceptors (Lipinski definition) is 4. The summed E-state index contributed by atoms with van der Waals surface area (Å²) < 4.78 is 10.2. The Morgan fingerprint density at radius 1 is 1.45 bits per heavy atom. The number of ether oxygens (including phenoxy) is 1. The summed E-state index contributed by atoms with van der Waals surface area (Å²) in [5, 5.41) is 8.40. The zero-order valence-electron chi connectivity index (χ0n) is 14.1. The molecule has 0 bridgehead atoms. The Labute approximate surface area is 133 Å². The van der Waals surface area contributed by atoms with Gasteiger partial charge in [-0.15, -0.1) is 0 Å². The number of carbonyl (C=O) groups is 1. The SMILES string of the molecule is CCCCC(CC)COC.Cc1ccc(/C=C(\C#N)C=O)o1. The van der Waals surface area contributed by atoms with Crippen molar-refractivity contribution < 1.29 is 13.9 Å². The molecule has 0 aliphatic heterocycles.